The molecule has 21 heavy (non-hydrogen) atoms. The standard InChI is InChI=1S/C16H33N3O2/c1-16(2,3)21-15(20)14-19-11-7-10-18(12-13-19)9-6-4-5-8-17/h4-14,17H2,1-3H3. The molecule has 124 valence electrons. The summed E-state index contributed by atoms with van der Waals surface area (Å²) in [6, 6.07) is 0. The Kier molecular flexibility index (Phi) is 8.22. The number of carbonyl (C=O) groups is 1. The highest BCUT2D eigenvalue weighted by Gasteiger charge is 2.21. The van der Waals surface area contributed by atoms with Crippen molar-refractivity contribution in [1.82, 2.24) is 9.80 Å². The van der Waals surface area contributed by atoms with Crippen LogP contribution in [0.4, 0.5) is 0 Å². The van der Waals surface area contributed by atoms with E-state index in [1.807, 2.05) is 20.8 Å². The Hall–Kier alpha value is -0.650. The molecule has 0 aromatic rings. The van der Waals surface area contributed by atoms with Crippen LogP contribution in [0.2, 0.25) is 0 Å². The van der Waals surface area contributed by atoms with E-state index in [2.05, 4.69) is 9.80 Å². The molecule has 5 heteroatoms. The summed E-state index contributed by atoms with van der Waals surface area (Å²) >= 11 is 0. The molecule has 0 radical (unpaired) electrons. The van der Waals surface area contributed by atoms with Gasteiger partial charge < -0.3 is 15.4 Å². The third-order valence-corrected chi connectivity index (χ3v) is 3.63. The Morgan fingerprint density at radius 1 is 1.05 bits per heavy atom. The Morgan fingerprint density at radius 3 is 2.38 bits per heavy atom. The van der Waals surface area contributed by atoms with E-state index >= 15 is 0 Å². The second-order valence-electron chi connectivity index (χ2n) is 6.91. The minimum absolute atomic E-state index is 0.112. The van der Waals surface area contributed by atoms with Gasteiger partial charge in [0.25, 0.3) is 0 Å². The lowest BCUT2D eigenvalue weighted by Crippen LogP contribution is -2.37. The molecule has 0 aromatic heterocycles. The molecule has 1 fully saturated rings. The molecule has 0 spiro atoms. The van der Waals surface area contributed by atoms with Crippen molar-refractivity contribution >= 4 is 5.97 Å². The van der Waals surface area contributed by atoms with Crippen molar-refractivity contribution in [1.29, 1.82) is 0 Å². The fourth-order valence-electron chi connectivity index (χ4n) is 2.62. The summed E-state index contributed by atoms with van der Waals surface area (Å²) in [7, 11) is 0. The van der Waals surface area contributed by atoms with Crippen LogP contribution in [-0.2, 0) is 9.53 Å². The van der Waals surface area contributed by atoms with E-state index in [-0.39, 0.29) is 5.97 Å². The second kappa shape index (κ2) is 9.38. The predicted octanol–water partition coefficient (Wildman–Crippen LogP) is 1.46. The second-order valence-corrected chi connectivity index (χ2v) is 6.91. The van der Waals surface area contributed by atoms with E-state index in [0.717, 1.165) is 52.1 Å². The van der Waals surface area contributed by atoms with Crippen LogP contribution in [0.25, 0.3) is 0 Å². The van der Waals surface area contributed by atoms with E-state index in [4.69, 9.17) is 10.5 Å². The molecular formula is C16H33N3O2. The van der Waals surface area contributed by atoms with Gasteiger partial charge in [-0.3, -0.25) is 9.69 Å². The molecule has 1 aliphatic heterocycles. The topological polar surface area (TPSA) is 58.8 Å². The molecular weight excluding hydrogens is 266 g/mol. The van der Waals surface area contributed by atoms with Crippen LogP contribution >= 0.6 is 0 Å². The minimum atomic E-state index is -0.391. The number of ether oxygens (including phenoxy) is 1. The molecule has 0 bridgehead atoms. The Labute approximate surface area is 129 Å². The third-order valence-electron chi connectivity index (χ3n) is 3.63. The van der Waals surface area contributed by atoms with Gasteiger partial charge in [0, 0.05) is 19.6 Å². The number of hydrogen-bond donors (Lipinski definition) is 1. The Morgan fingerprint density at radius 2 is 1.71 bits per heavy atom. The van der Waals surface area contributed by atoms with Gasteiger partial charge >= 0.3 is 5.97 Å². The lowest BCUT2D eigenvalue weighted by molar-refractivity contribution is -0.156. The fraction of sp³-hybridized carbons (Fsp3) is 0.938. The van der Waals surface area contributed by atoms with Crippen molar-refractivity contribution in [3.05, 3.63) is 0 Å². The maximum absolute atomic E-state index is 11.9. The van der Waals surface area contributed by atoms with Gasteiger partial charge in [-0.1, -0.05) is 6.42 Å². The van der Waals surface area contributed by atoms with Gasteiger partial charge in [0.1, 0.15) is 5.60 Å². The van der Waals surface area contributed by atoms with Crippen molar-refractivity contribution in [3.63, 3.8) is 0 Å². The zero-order chi connectivity index (χ0) is 15.7. The lowest BCUT2D eigenvalue weighted by atomic mass is 10.2. The van der Waals surface area contributed by atoms with Gasteiger partial charge in [-0.15, -0.1) is 0 Å². The van der Waals surface area contributed by atoms with Crippen molar-refractivity contribution < 1.29 is 9.53 Å². The van der Waals surface area contributed by atoms with Gasteiger partial charge in [0.15, 0.2) is 0 Å². The van der Waals surface area contributed by atoms with E-state index in [1.165, 1.54) is 12.8 Å². The first-order valence-corrected chi connectivity index (χ1v) is 8.27. The number of nitrogens with zero attached hydrogens (tertiary/aromatic N) is 2. The first-order chi connectivity index (χ1) is 9.90. The molecule has 0 amide bonds. The summed E-state index contributed by atoms with van der Waals surface area (Å²) in [5.41, 5.74) is 5.13. The average molecular weight is 299 g/mol. The molecule has 0 aliphatic carbocycles. The molecule has 1 saturated heterocycles. The highest BCUT2D eigenvalue weighted by Crippen LogP contribution is 2.09. The molecule has 0 unspecified atom stereocenters. The number of rotatable bonds is 7. The molecule has 0 saturated carbocycles. The minimum Gasteiger partial charge on any atom is -0.459 e. The van der Waals surface area contributed by atoms with E-state index in [9.17, 15) is 4.79 Å². The quantitative estimate of drug-likeness (QED) is 0.570. The number of unbranched alkanes of at least 4 members (excludes halogenated alkanes) is 2. The SMILES string of the molecule is CC(C)(C)OC(=O)CN1CCCN(CCCCCN)CC1. The van der Waals surface area contributed by atoms with Gasteiger partial charge in [-0.2, -0.15) is 0 Å². The number of hydrogen-bond acceptors (Lipinski definition) is 5. The monoisotopic (exact) mass is 299 g/mol. The average Bonchev–Trinajstić information content (AvgIpc) is 2.58. The van der Waals surface area contributed by atoms with Gasteiger partial charge in [0.05, 0.1) is 6.54 Å². The van der Waals surface area contributed by atoms with Gasteiger partial charge in [0.2, 0.25) is 0 Å². The van der Waals surface area contributed by atoms with Crippen molar-refractivity contribution in [2.75, 3.05) is 45.8 Å². The van der Waals surface area contributed by atoms with Crippen molar-refractivity contribution in [2.24, 2.45) is 5.73 Å². The molecule has 0 aromatic carbocycles. The zero-order valence-electron chi connectivity index (χ0n) is 14.1. The van der Waals surface area contributed by atoms with Gasteiger partial charge in [-0.05, 0) is 59.7 Å². The lowest BCUT2D eigenvalue weighted by Gasteiger charge is -2.24. The summed E-state index contributed by atoms with van der Waals surface area (Å²) in [5.74, 6) is -0.112. The van der Waals surface area contributed by atoms with E-state index in [0.29, 0.717) is 6.54 Å². The molecule has 5 nitrogen and oxygen atoms in total. The zero-order valence-corrected chi connectivity index (χ0v) is 14.1. The highest BCUT2D eigenvalue weighted by atomic mass is 16.6. The summed E-state index contributed by atoms with van der Waals surface area (Å²) in [4.78, 5) is 16.6. The third kappa shape index (κ3) is 9.06. The maximum atomic E-state index is 11.9. The molecule has 1 rings (SSSR count). The van der Waals surface area contributed by atoms with Gasteiger partial charge in [-0.25, -0.2) is 0 Å². The van der Waals surface area contributed by atoms with Crippen LogP contribution in [0, 0.1) is 0 Å². The van der Waals surface area contributed by atoms with Crippen molar-refractivity contribution in [2.45, 2.75) is 52.1 Å². The molecule has 2 N–H and O–H groups in total. The van der Waals surface area contributed by atoms with E-state index in [1.54, 1.807) is 0 Å². The first-order valence-electron chi connectivity index (χ1n) is 8.27. The van der Waals surface area contributed by atoms with Crippen molar-refractivity contribution in [3.8, 4) is 0 Å². The van der Waals surface area contributed by atoms with Crippen LogP contribution in [-0.4, -0.2) is 67.2 Å². The molecule has 0 atom stereocenters. The summed E-state index contributed by atoms with van der Waals surface area (Å²) in [6.45, 7) is 12.2. The smallest absolute Gasteiger partial charge is 0.320 e. The number of esters is 1. The van der Waals surface area contributed by atoms with Crippen LogP contribution in [0.3, 0.4) is 0 Å². The molecule has 1 aliphatic rings. The normalized spacial score (nSPS) is 18.5. The number of nitrogens with two attached hydrogens (primary N) is 1. The highest BCUT2D eigenvalue weighted by molar-refractivity contribution is 5.72. The van der Waals surface area contributed by atoms with Crippen LogP contribution in [0.1, 0.15) is 46.5 Å². The maximum Gasteiger partial charge on any atom is 0.320 e. The Balaban J connectivity index is 2.24. The Bertz CT molecular complexity index is 302. The largest absolute Gasteiger partial charge is 0.459 e. The van der Waals surface area contributed by atoms with Crippen LogP contribution in [0.15, 0.2) is 0 Å². The summed E-state index contributed by atoms with van der Waals surface area (Å²) < 4.78 is 5.39. The fourth-order valence-corrected chi connectivity index (χ4v) is 2.62. The summed E-state index contributed by atoms with van der Waals surface area (Å²) in [5, 5.41) is 0. The molecule has 1 heterocycles. The summed E-state index contributed by atoms with van der Waals surface area (Å²) in [6.07, 6.45) is 4.69. The predicted molar refractivity (Wildman–Crippen MR) is 86.2 cm³/mol. The van der Waals surface area contributed by atoms with Crippen LogP contribution in [0.5, 0.6) is 0 Å². The number of carbonyl (C=O) groups excluding carboxylic acids is 1. The van der Waals surface area contributed by atoms with E-state index < -0.39 is 5.60 Å². The first kappa shape index (κ1) is 18.4. The van der Waals surface area contributed by atoms with Crippen LogP contribution < -0.4 is 5.73 Å².